The number of rotatable bonds is 4. The molecule has 2 atom stereocenters. The van der Waals surface area contributed by atoms with E-state index in [2.05, 4.69) is 0 Å². The van der Waals surface area contributed by atoms with Crippen LogP contribution in [0.25, 0.3) is 0 Å². The topological polar surface area (TPSA) is 57.5 Å². The molecule has 12 heavy (non-hydrogen) atoms. The van der Waals surface area contributed by atoms with Crippen molar-refractivity contribution < 1.29 is 19.5 Å². The van der Waals surface area contributed by atoms with Crippen LogP contribution in [0.15, 0.2) is 0 Å². The molecule has 2 unspecified atom stereocenters. The Morgan fingerprint density at radius 3 is 2.17 bits per heavy atom. The number of aliphatic hydroxyl groups is 1. The van der Waals surface area contributed by atoms with Crippen molar-refractivity contribution in [1.29, 1.82) is 0 Å². The average Bonchev–Trinajstić information content (AvgIpc) is 1.82. The fourth-order valence-electron chi connectivity index (χ4n) is 0.818. The summed E-state index contributed by atoms with van der Waals surface area (Å²) in [7, 11) is 5.57. The van der Waals surface area contributed by atoms with Crippen molar-refractivity contribution in [3.8, 4) is 0 Å². The van der Waals surface area contributed by atoms with E-state index in [1.165, 1.54) is 0 Å². The molecule has 0 radical (unpaired) electrons. The molecule has 72 valence electrons. The Morgan fingerprint density at radius 1 is 1.50 bits per heavy atom. The van der Waals surface area contributed by atoms with E-state index >= 15 is 0 Å². The van der Waals surface area contributed by atoms with Gasteiger partial charge in [-0.05, 0) is 0 Å². The van der Waals surface area contributed by atoms with E-state index in [9.17, 15) is 9.90 Å². The Hall–Kier alpha value is -0.320. The molecule has 0 spiro atoms. The zero-order valence-electron chi connectivity index (χ0n) is 7.49. The second-order valence-electron chi connectivity index (χ2n) is 3.78. The molecule has 0 saturated carbocycles. The van der Waals surface area contributed by atoms with Crippen LogP contribution in [0.2, 0.25) is 0 Å². The molecule has 0 aliphatic rings. The van der Waals surface area contributed by atoms with E-state index in [-0.39, 0.29) is 0 Å². The maximum atomic E-state index is 10.3. The summed E-state index contributed by atoms with van der Waals surface area (Å²) >= 11 is 5.41. The largest absolute Gasteiger partial charge is 0.480 e. The molecule has 0 fully saturated rings. The quantitative estimate of drug-likeness (QED) is 0.482. The first-order valence-corrected chi connectivity index (χ1v) is 4.03. The third-order valence-electron chi connectivity index (χ3n) is 1.31. The van der Waals surface area contributed by atoms with E-state index < -0.39 is 17.5 Å². The van der Waals surface area contributed by atoms with E-state index in [4.69, 9.17) is 16.7 Å². The first-order chi connectivity index (χ1) is 5.24. The number of carboxylic acids is 1. The van der Waals surface area contributed by atoms with Gasteiger partial charge in [0.1, 0.15) is 12.6 Å². The molecule has 0 heterocycles. The molecule has 4 nitrogen and oxygen atoms in total. The van der Waals surface area contributed by atoms with Crippen LogP contribution < -0.4 is 0 Å². The van der Waals surface area contributed by atoms with Gasteiger partial charge in [0.15, 0.2) is 5.38 Å². The number of carbonyl (C=O) groups is 1. The minimum Gasteiger partial charge on any atom is -0.480 e. The summed E-state index contributed by atoms with van der Waals surface area (Å²) in [5.41, 5.74) is 0. The lowest BCUT2D eigenvalue weighted by Gasteiger charge is -2.27. The van der Waals surface area contributed by atoms with Gasteiger partial charge in [-0.1, -0.05) is 0 Å². The van der Waals surface area contributed by atoms with Gasteiger partial charge in [0.25, 0.3) is 0 Å². The Bertz CT molecular complexity index is 167. The predicted octanol–water partition coefficient (Wildman–Crippen LogP) is -0.255. The highest BCUT2D eigenvalue weighted by Gasteiger charge is 2.28. The lowest BCUT2D eigenvalue weighted by molar-refractivity contribution is -0.873. The summed E-state index contributed by atoms with van der Waals surface area (Å²) in [6.45, 7) is 0.320. The number of hydrogen-bond donors (Lipinski definition) is 2. The van der Waals surface area contributed by atoms with Gasteiger partial charge in [0, 0.05) is 0 Å². The van der Waals surface area contributed by atoms with Crippen LogP contribution in [0.4, 0.5) is 0 Å². The van der Waals surface area contributed by atoms with E-state index in [1.54, 1.807) is 0 Å². The molecule has 0 aliphatic carbocycles. The van der Waals surface area contributed by atoms with Crippen LogP contribution in [0.1, 0.15) is 0 Å². The van der Waals surface area contributed by atoms with Crippen molar-refractivity contribution in [2.45, 2.75) is 11.5 Å². The summed E-state index contributed by atoms with van der Waals surface area (Å²) in [5.74, 6) is -1.18. The maximum Gasteiger partial charge on any atom is 0.324 e. The molecule has 0 aliphatic heterocycles. The van der Waals surface area contributed by atoms with Gasteiger partial charge in [-0.2, -0.15) is 0 Å². The van der Waals surface area contributed by atoms with Crippen molar-refractivity contribution in [3.05, 3.63) is 0 Å². The molecule has 2 N–H and O–H groups in total. The molecule has 0 rings (SSSR count). The molecular weight excluding hydrogens is 182 g/mol. The monoisotopic (exact) mass is 196 g/mol. The molecule has 0 aromatic rings. The van der Waals surface area contributed by atoms with Gasteiger partial charge in [-0.3, -0.25) is 4.79 Å². The number of likely N-dealkylation sites (N-methyl/N-ethyl adjacent to an activating group) is 1. The van der Waals surface area contributed by atoms with Crippen LogP contribution in [0, 0.1) is 0 Å². The number of aliphatic carboxylic acids is 1. The molecule has 5 heteroatoms. The highest BCUT2D eigenvalue weighted by atomic mass is 35.5. The zero-order chi connectivity index (χ0) is 9.94. The van der Waals surface area contributed by atoms with Crippen LogP contribution in [-0.4, -0.2) is 59.8 Å². The van der Waals surface area contributed by atoms with E-state index in [0.29, 0.717) is 11.0 Å². The van der Waals surface area contributed by atoms with Gasteiger partial charge in [-0.15, -0.1) is 11.6 Å². The number of quaternary nitrogens is 1. The summed E-state index contributed by atoms with van der Waals surface area (Å²) in [4.78, 5) is 10.3. The molecule has 0 bridgehead atoms. The predicted molar refractivity (Wildman–Crippen MR) is 46.2 cm³/mol. The first-order valence-electron chi connectivity index (χ1n) is 3.59. The van der Waals surface area contributed by atoms with Crippen molar-refractivity contribution >= 4 is 17.6 Å². The number of aliphatic hydroxyl groups excluding tert-OH is 1. The third-order valence-corrected chi connectivity index (χ3v) is 1.79. The van der Waals surface area contributed by atoms with Crippen molar-refractivity contribution in [2.75, 3.05) is 27.7 Å². The molecule has 0 aromatic heterocycles. The Morgan fingerprint density at radius 2 is 1.92 bits per heavy atom. The smallest absolute Gasteiger partial charge is 0.324 e. The fourth-order valence-corrected chi connectivity index (χ4v) is 0.898. The summed E-state index contributed by atoms with van der Waals surface area (Å²) in [6, 6.07) is 0. The maximum absolute atomic E-state index is 10.3. The number of carboxylic acid groups (broad SMARTS) is 1. The first kappa shape index (κ1) is 11.7. The molecule has 0 aromatic carbocycles. The van der Waals surface area contributed by atoms with Gasteiger partial charge in [0.2, 0.25) is 0 Å². The van der Waals surface area contributed by atoms with Gasteiger partial charge < -0.3 is 14.7 Å². The summed E-state index contributed by atoms with van der Waals surface area (Å²) < 4.78 is 0.484. The van der Waals surface area contributed by atoms with Gasteiger partial charge in [0.05, 0.1) is 21.1 Å². The minimum atomic E-state index is -1.22. The van der Waals surface area contributed by atoms with Crippen LogP contribution in [0.3, 0.4) is 0 Å². The highest BCUT2D eigenvalue weighted by molar-refractivity contribution is 6.30. The number of nitrogens with zero attached hydrogens (tertiary/aromatic N) is 1. The molecular formula is C7H15ClNO3+. The molecule has 0 amide bonds. The van der Waals surface area contributed by atoms with E-state index in [1.807, 2.05) is 21.1 Å². The lowest BCUT2D eigenvalue weighted by Crippen LogP contribution is -2.46. The second kappa shape index (κ2) is 4.07. The minimum absolute atomic E-state index is 0.320. The second-order valence-corrected chi connectivity index (χ2v) is 4.25. The fraction of sp³-hybridized carbons (Fsp3) is 0.857. The lowest BCUT2D eigenvalue weighted by atomic mass is 10.2. The van der Waals surface area contributed by atoms with Gasteiger partial charge >= 0.3 is 5.97 Å². The van der Waals surface area contributed by atoms with Crippen LogP contribution in [0.5, 0.6) is 0 Å². The Balaban J connectivity index is 4.04. The zero-order valence-corrected chi connectivity index (χ0v) is 8.25. The Kier molecular flexibility index (Phi) is 3.96. The third kappa shape index (κ3) is 4.54. The normalized spacial score (nSPS) is 17.1. The summed E-state index contributed by atoms with van der Waals surface area (Å²) in [6.07, 6.45) is -1.01. The summed E-state index contributed by atoms with van der Waals surface area (Å²) in [5, 5.41) is 16.5. The Labute approximate surface area is 77.0 Å². The van der Waals surface area contributed by atoms with Crippen molar-refractivity contribution in [2.24, 2.45) is 0 Å². The average molecular weight is 197 g/mol. The van der Waals surface area contributed by atoms with Gasteiger partial charge in [-0.25, -0.2) is 0 Å². The van der Waals surface area contributed by atoms with Crippen molar-refractivity contribution in [3.63, 3.8) is 0 Å². The SMILES string of the molecule is C[N+](C)(C)CC(O)C(Cl)C(=O)O. The van der Waals surface area contributed by atoms with E-state index in [0.717, 1.165) is 0 Å². The van der Waals surface area contributed by atoms with Crippen LogP contribution in [-0.2, 0) is 4.79 Å². The number of hydrogen-bond acceptors (Lipinski definition) is 2. The highest BCUT2D eigenvalue weighted by Crippen LogP contribution is 2.06. The standard InChI is InChI=1S/C7H14ClNO3/c1-9(2,3)4-5(10)6(8)7(11)12/h5-6,10H,4H2,1-3H3/p+1. The number of alkyl halides is 1. The molecule has 0 saturated heterocycles. The van der Waals surface area contributed by atoms with Crippen molar-refractivity contribution in [1.82, 2.24) is 0 Å². The number of halogens is 1. The van der Waals surface area contributed by atoms with Crippen LogP contribution >= 0.6 is 11.6 Å².